The molecule has 0 atom stereocenters. The van der Waals surface area contributed by atoms with Crippen molar-refractivity contribution in [1.82, 2.24) is 18.7 Å². The Kier molecular flexibility index (Phi) is 5.55. The zero-order valence-electron chi connectivity index (χ0n) is 15.7. The van der Waals surface area contributed by atoms with Crippen LogP contribution in [0, 0.1) is 0 Å². The van der Waals surface area contributed by atoms with Crippen molar-refractivity contribution >= 4 is 34.4 Å². The van der Waals surface area contributed by atoms with Crippen LogP contribution in [0.5, 0.6) is 6.01 Å². The number of hydrogen-bond acceptors (Lipinski definition) is 5. The standard InChI is InChI=1S/C18H20ClN5O4/c1-22-15-14(16(26)23(2)18(22)27)24(17(21-15)28-3)10-4-5-13(25)20-12-8-6-11(19)7-9-12/h6-9H,4-5,10H2,1-3H3,(H,20,25). The molecule has 9 nitrogen and oxygen atoms in total. The number of carbonyl (C=O) groups excluding carboxylic acids is 1. The molecule has 1 N–H and O–H groups in total. The van der Waals surface area contributed by atoms with Gasteiger partial charge in [0.1, 0.15) is 0 Å². The smallest absolute Gasteiger partial charge is 0.332 e. The lowest BCUT2D eigenvalue weighted by molar-refractivity contribution is -0.116. The summed E-state index contributed by atoms with van der Waals surface area (Å²) in [7, 11) is 4.39. The number of methoxy groups -OCH3 is 1. The summed E-state index contributed by atoms with van der Waals surface area (Å²) in [5, 5.41) is 3.38. The second kappa shape index (κ2) is 7.89. The summed E-state index contributed by atoms with van der Waals surface area (Å²) in [6, 6.07) is 7.04. The van der Waals surface area contributed by atoms with Crippen LogP contribution in [0.3, 0.4) is 0 Å². The molecule has 148 valence electrons. The van der Waals surface area contributed by atoms with Gasteiger partial charge in [0.15, 0.2) is 11.2 Å². The van der Waals surface area contributed by atoms with Crippen LogP contribution >= 0.6 is 11.6 Å². The minimum atomic E-state index is -0.466. The fraction of sp³-hybridized carbons (Fsp3) is 0.333. The minimum absolute atomic E-state index is 0.161. The van der Waals surface area contributed by atoms with Crippen LogP contribution in [0.4, 0.5) is 5.69 Å². The van der Waals surface area contributed by atoms with Crippen LogP contribution in [0.25, 0.3) is 11.2 Å². The van der Waals surface area contributed by atoms with Crippen LogP contribution in [0.2, 0.25) is 5.02 Å². The second-order valence-electron chi connectivity index (χ2n) is 6.29. The predicted octanol–water partition coefficient (Wildman–Crippen LogP) is 1.51. The molecule has 3 aromatic rings. The Balaban J connectivity index is 1.79. The summed E-state index contributed by atoms with van der Waals surface area (Å²) < 4.78 is 9.17. The summed E-state index contributed by atoms with van der Waals surface area (Å²) in [4.78, 5) is 41.0. The average molecular weight is 406 g/mol. The number of imidazole rings is 1. The number of halogens is 1. The van der Waals surface area contributed by atoms with Crippen LogP contribution in [0.1, 0.15) is 12.8 Å². The molecule has 0 fully saturated rings. The van der Waals surface area contributed by atoms with Crippen molar-refractivity contribution in [3.8, 4) is 6.01 Å². The van der Waals surface area contributed by atoms with E-state index in [-0.39, 0.29) is 29.5 Å². The zero-order chi connectivity index (χ0) is 20.4. The number of aryl methyl sites for hydroxylation is 2. The lowest BCUT2D eigenvalue weighted by Gasteiger charge is -2.09. The predicted molar refractivity (Wildman–Crippen MR) is 106 cm³/mol. The molecule has 0 saturated heterocycles. The molecule has 1 amide bonds. The largest absolute Gasteiger partial charge is 0.468 e. The van der Waals surface area contributed by atoms with E-state index in [9.17, 15) is 14.4 Å². The molecule has 1 aromatic carbocycles. The summed E-state index contributed by atoms with van der Waals surface area (Å²) in [5.74, 6) is -0.161. The number of nitrogens with one attached hydrogen (secondary N) is 1. The van der Waals surface area contributed by atoms with Gasteiger partial charge in [-0.15, -0.1) is 0 Å². The van der Waals surface area contributed by atoms with E-state index in [1.54, 1.807) is 35.9 Å². The van der Waals surface area contributed by atoms with Crippen LogP contribution < -0.4 is 21.3 Å². The molecule has 0 aliphatic heterocycles. The van der Waals surface area contributed by atoms with Crippen molar-refractivity contribution in [2.24, 2.45) is 14.1 Å². The third kappa shape index (κ3) is 3.65. The van der Waals surface area contributed by atoms with E-state index in [4.69, 9.17) is 16.3 Å². The number of hydrogen-bond donors (Lipinski definition) is 1. The molecule has 2 aromatic heterocycles. The molecule has 0 unspecified atom stereocenters. The normalized spacial score (nSPS) is 11.0. The lowest BCUT2D eigenvalue weighted by atomic mass is 10.2. The number of aromatic nitrogens is 4. The molecule has 0 saturated carbocycles. The van der Waals surface area contributed by atoms with E-state index >= 15 is 0 Å². The van der Waals surface area contributed by atoms with Gasteiger partial charge >= 0.3 is 5.69 Å². The van der Waals surface area contributed by atoms with Crippen molar-refractivity contribution < 1.29 is 9.53 Å². The van der Waals surface area contributed by atoms with Gasteiger partial charge in [-0.3, -0.25) is 23.3 Å². The van der Waals surface area contributed by atoms with Crippen LogP contribution in [-0.2, 0) is 25.4 Å². The maximum Gasteiger partial charge on any atom is 0.332 e. The fourth-order valence-electron chi connectivity index (χ4n) is 2.94. The number of carbonyl (C=O) groups is 1. The molecular formula is C18H20ClN5O4. The molecule has 3 rings (SSSR count). The molecule has 10 heteroatoms. The highest BCUT2D eigenvalue weighted by molar-refractivity contribution is 6.30. The number of benzene rings is 1. The number of ether oxygens (including phenoxy) is 1. The molecule has 2 heterocycles. The fourth-order valence-corrected chi connectivity index (χ4v) is 3.07. The third-order valence-electron chi connectivity index (χ3n) is 4.41. The van der Waals surface area contributed by atoms with Crippen molar-refractivity contribution in [2.75, 3.05) is 12.4 Å². The van der Waals surface area contributed by atoms with Gasteiger partial charge in [-0.05, 0) is 30.7 Å². The second-order valence-corrected chi connectivity index (χ2v) is 6.72. The van der Waals surface area contributed by atoms with E-state index in [1.165, 1.54) is 18.7 Å². The van der Waals surface area contributed by atoms with Gasteiger partial charge in [0, 0.05) is 37.8 Å². The van der Waals surface area contributed by atoms with Crippen LogP contribution in [0.15, 0.2) is 33.9 Å². The number of nitrogens with zero attached hydrogens (tertiary/aromatic N) is 4. The van der Waals surface area contributed by atoms with Gasteiger partial charge < -0.3 is 10.1 Å². The van der Waals surface area contributed by atoms with Gasteiger partial charge in [-0.2, -0.15) is 4.98 Å². The summed E-state index contributed by atoms with van der Waals surface area (Å²) in [6.45, 7) is 0.334. The number of anilines is 1. The Bertz CT molecular complexity index is 1140. The first-order valence-electron chi connectivity index (χ1n) is 8.59. The van der Waals surface area contributed by atoms with Crippen molar-refractivity contribution in [3.63, 3.8) is 0 Å². The Hall–Kier alpha value is -3.07. The topological polar surface area (TPSA) is 100 Å². The maximum absolute atomic E-state index is 12.6. The average Bonchev–Trinajstić information content (AvgIpc) is 3.05. The maximum atomic E-state index is 12.6. The van der Waals surface area contributed by atoms with E-state index in [1.807, 2.05) is 0 Å². The molecule has 28 heavy (non-hydrogen) atoms. The summed E-state index contributed by atoms with van der Waals surface area (Å²) in [6.07, 6.45) is 0.685. The highest BCUT2D eigenvalue weighted by atomic mass is 35.5. The van der Waals surface area contributed by atoms with E-state index in [0.29, 0.717) is 23.7 Å². The van der Waals surface area contributed by atoms with Crippen molar-refractivity contribution in [3.05, 3.63) is 50.1 Å². The van der Waals surface area contributed by atoms with E-state index in [0.717, 1.165) is 4.57 Å². The van der Waals surface area contributed by atoms with Gasteiger partial charge in [-0.1, -0.05) is 11.6 Å². The number of amides is 1. The highest BCUT2D eigenvalue weighted by Gasteiger charge is 2.19. The number of rotatable bonds is 6. The minimum Gasteiger partial charge on any atom is -0.468 e. The van der Waals surface area contributed by atoms with Crippen molar-refractivity contribution in [2.45, 2.75) is 19.4 Å². The Morgan fingerprint density at radius 3 is 2.50 bits per heavy atom. The molecule has 0 bridgehead atoms. The Morgan fingerprint density at radius 2 is 1.86 bits per heavy atom. The molecule has 0 radical (unpaired) electrons. The first-order chi connectivity index (χ1) is 13.3. The quantitative estimate of drug-likeness (QED) is 0.670. The van der Waals surface area contributed by atoms with Gasteiger partial charge in [0.2, 0.25) is 5.91 Å². The van der Waals surface area contributed by atoms with Gasteiger partial charge in [-0.25, -0.2) is 4.79 Å². The highest BCUT2D eigenvalue weighted by Crippen LogP contribution is 2.18. The van der Waals surface area contributed by atoms with Crippen LogP contribution in [-0.4, -0.2) is 31.7 Å². The zero-order valence-corrected chi connectivity index (χ0v) is 16.5. The molecule has 0 aliphatic rings. The SMILES string of the molecule is COc1nc2c(c(=O)n(C)c(=O)n2C)n1CCCC(=O)Nc1ccc(Cl)cc1. The lowest BCUT2D eigenvalue weighted by Crippen LogP contribution is -2.37. The van der Waals surface area contributed by atoms with Crippen molar-refractivity contribution in [1.29, 1.82) is 0 Å². The van der Waals surface area contributed by atoms with E-state index < -0.39 is 11.2 Å². The Morgan fingerprint density at radius 1 is 1.18 bits per heavy atom. The monoisotopic (exact) mass is 405 g/mol. The third-order valence-corrected chi connectivity index (χ3v) is 4.66. The van der Waals surface area contributed by atoms with Gasteiger partial charge in [0.05, 0.1) is 7.11 Å². The molecule has 0 spiro atoms. The number of fused-ring (bicyclic) bond motifs is 1. The first-order valence-corrected chi connectivity index (χ1v) is 8.97. The van der Waals surface area contributed by atoms with Gasteiger partial charge in [0.25, 0.3) is 11.6 Å². The molecule has 0 aliphatic carbocycles. The summed E-state index contributed by atoms with van der Waals surface area (Å²) >= 11 is 5.83. The first kappa shape index (κ1) is 19.7. The molecular weight excluding hydrogens is 386 g/mol. The van der Waals surface area contributed by atoms with E-state index in [2.05, 4.69) is 10.3 Å². The summed E-state index contributed by atoms with van der Waals surface area (Å²) in [5.41, 5.74) is 0.241. The Labute approximate surface area is 165 Å².